The third-order valence-electron chi connectivity index (χ3n) is 6.45. The van der Waals surface area contributed by atoms with E-state index in [0.29, 0.717) is 11.8 Å². The molecule has 0 fully saturated rings. The van der Waals surface area contributed by atoms with Crippen molar-refractivity contribution in [2.45, 2.75) is 58.8 Å². The molecule has 0 heterocycles. The molecular formula is C37H51HfN4-3. The van der Waals surface area contributed by atoms with Gasteiger partial charge in [-0.1, -0.05) is 64.1 Å². The second-order valence-corrected chi connectivity index (χ2v) is 10.9. The maximum absolute atomic E-state index is 6.75. The molecule has 0 aromatic heterocycles. The SMILES string of the molecule is C=[N-].CC(C)c1cccc(C(C)C)c1NC1=CCCCC1=NCCN(C)C.[CH2-]c1ccccc1.[CH2-]c1ccccc1.[Hf]. The predicted octanol–water partition coefficient (Wildman–Crippen LogP) is 9.41. The fourth-order valence-electron chi connectivity index (χ4n) is 4.23. The van der Waals surface area contributed by atoms with Crippen molar-refractivity contribution >= 4 is 18.1 Å². The summed E-state index contributed by atoms with van der Waals surface area (Å²) in [7, 11) is 4.20. The molecule has 3 aromatic rings. The zero-order valence-corrected chi connectivity index (χ0v) is 30.3. The molecule has 42 heavy (non-hydrogen) atoms. The molecule has 0 atom stereocenters. The van der Waals surface area contributed by atoms with Gasteiger partial charge in [-0.15, -0.1) is 24.3 Å². The molecule has 0 aliphatic heterocycles. The van der Waals surface area contributed by atoms with Crippen molar-refractivity contribution < 1.29 is 25.8 Å². The first-order valence-corrected chi connectivity index (χ1v) is 14.5. The van der Waals surface area contributed by atoms with Crippen LogP contribution < -0.4 is 5.32 Å². The van der Waals surface area contributed by atoms with Crippen molar-refractivity contribution in [1.29, 1.82) is 0 Å². The summed E-state index contributed by atoms with van der Waals surface area (Å²) in [4.78, 5) is 7.08. The molecule has 4 rings (SSSR count). The van der Waals surface area contributed by atoms with Crippen LogP contribution in [0, 0.1) is 13.8 Å². The zero-order valence-electron chi connectivity index (χ0n) is 26.7. The van der Waals surface area contributed by atoms with Crippen LogP contribution in [0.4, 0.5) is 5.69 Å². The number of aliphatic imine (C=N–C) groups is 1. The minimum absolute atomic E-state index is 0. The molecule has 226 valence electrons. The Bertz CT molecular complexity index is 1110. The summed E-state index contributed by atoms with van der Waals surface area (Å²) < 4.78 is 0. The van der Waals surface area contributed by atoms with Crippen LogP contribution in [0.2, 0.25) is 0 Å². The first-order chi connectivity index (χ1) is 19.7. The van der Waals surface area contributed by atoms with Gasteiger partial charge in [0.05, 0.1) is 18.0 Å². The maximum atomic E-state index is 6.75. The molecule has 0 saturated carbocycles. The van der Waals surface area contributed by atoms with Crippen LogP contribution in [0.3, 0.4) is 0 Å². The summed E-state index contributed by atoms with van der Waals surface area (Å²) in [5, 5.41) is 10.5. The number of nitrogens with one attached hydrogen (secondary N) is 1. The topological polar surface area (TPSA) is 49.9 Å². The molecule has 0 radical (unpaired) electrons. The number of hydrogen-bond donors (Lipinski definition) is 1. The molecule has 3 aromatic carbocycles. The molecule has 0 unspecified atom stereocenters. The van der Waals surface area contributed by atoms with E-state index >= 15 is 0 Å². The second-order valence-electron chi connectivity index (χ2n) is 10.9. The Morgan fingerprint density at radius 3 is 1.67 bits per heavy atom. The van der Waals surface area contributed by atoms with Crippen LogP contribution in [-0.4, -0.2) is 44.5 Å². The Morgan fingerprint density at radius 1 is 0.810 bits per heavy atom. The van der Waals surface area contributed by atoms with E-state index in [0.717, 1.165) is 37.1 Å². The maximum Gasteiger partial charge on any atom is 0.0580 e. The number of para-hydroxylation sites is 1. The second kappa shape index (κ2) is 22.7. The Balaban J connectivity index is 0.000000801. The van der Waals surface area contributed by atoms with Crippen molar-refractivity contribution in [3.8, 4) is 0 Å². The van der Waals surface area contributed by atoms with E-state index in [1.165, 1.54) is 34.6 Å². The molecule has 1 N–H and O–H groups in total. The molecule has 0 bridgehead atoms. The first-order valence-electron chi connectivity index (χ1n) is 14.5. The summed E-state index contributed by atoms with van der Waals surface area (Å²) in [5.41, 5.74) is 8.68. The average molecular weight is 730 g/mol. The Labute approximate surface area is 276 Å². The van der Waals surface area contributed by atoms with Gasteiger partial charge in [-0.25, -0.2) is 6.72 Å². The average Bonchev–Trinajstić information content (AvgIpc) is 2.96. The molecule has 5 heteroatoms. The van der Waals surface area contributed by atoms with E-state index in [1.54, 1.807) is 0 Å². The zero-order chi connectivity index (χ0) is 30.6. The molecule has 0 spiro atoms. The number of benzene rings is 3. The molecule has 1 aliphatic rings. The first kappa shape index (κ1) is 39.1. The fourth-order valence-corrected chi connectivity index (χ4v) is 4.23. The van der Waals surface area contributed by atoms with Gasteiger partial charge < -0.3 is 15.6 Å². The molecular weight excluding hydrogens is 679 g/mol. The van der Waals surface area contributed by atoms with Gasteiger partial charge in [0.15, 0.2) is 0 Å². The van der Waals surface area contributed by atoms with Crippen LogP contribution in [0.15, 0.2) is 95.6 Å². The fraction of sp³-hybridized carbons (Fsp3) is 0.351. The molecule has 1 aliphatic carbocycles. The quantitative estimate of drug-likeness (QED) is 0.150. The van der Waals surface area contributed by atoms with E-state index in [4.69, 9.17) is 10.4 Å². The Kier molecular flexibility index (Phi) is 21.1. The van der Waals surface area contributed by atoms with Crippen molar-refractivity contribution in [1.82, 2.24) is 4.90 Å². The Hall–Kier alpha value is -2.89. The van der Waals surface area contributed by atoms with Crippen molar-refractivity contribution in [2.75, 3.05) is 32.5 Å². The van der Waals surface area contributed by atoms with Crippen LogP contribution >= 0.6 is 0 Å². The normalized spacial score (nSPS) is 13.0. The van der Waals surface area contributed by atoms with Crippen molar-refractivity contribution in [2.24, 2.45) is 4.99 Å². The van der Waals surface area contributed by atoms with Gasteiger partial charge in [0.1, 0.15) is 0 Å². The Morgan fingerprint density at radius 2 is 1.29 bits per heavy atom. The van der Waals surface area contributed by atoms with Gasteiger partial charge in [-0.05, 0) is 56.3 Å². The summed E-state index contributed by atoms with van der Waals surface area (Å²) in [6.07, 6.45) is 5.75. The summed E-state index contributed by atoms with van der Waals surface area (Å²) in [6.45, 7) is 20.6. The van der Waals surface area contributed by atoms with Crippen LogP contribution in [0.25, 0.3) is 5.41 Å². The van der Waals surface area contributed by atoms with Crippen LogP contribution in [0.5, 0.6) is 0 Å². The number of likely N-dealkylation sites (N-methyl/N-ethyl adjacent to an activating group) is 1. The number of hydrogen-bond acceptors (Lipinski definition) is 3. The van der Waals surface area contributed by atoms with E-state index in [-0.39, 0.29) is 25.8 Å². The molecule has 0 amide bonds. The number of rotatable bonds is 7. The van der Waals surface area contributed by atoms with E-state index in [2.05, 4.69) is 96.8 Å². The third-order valence-corrected chi connectivity index (χ3v) is 6.45. The van der Waals surface area contributed by atoms with E-state index < -0.39 is 0 Å². The van der Waals surface area contributed by atoms with Gasteiger partial charge in [0.2, 0.25) is 0 Å². The number of nitrogens with zero attached hydrogens (tertiary/aromatic N) is 3. The van der Waals surface area contributed by atoms with Gasteiger partial charge in [-0.2, -0.15) is 49.2 Å². The minimum Gasteiger partial charge on any atom is -0.817 e. The third kappa shape index (κ3) is 15.4. The van der Waals surface area contributed by atoms with Gasteiger partial charge in [0, 0.05) is 38.1 Å². The smallest absolute Gasteiger partial charge is 0.0580 e. The monoisotopic (exact) mass is 731 g/mol. The summed E-state index contributed by atoms with van der Waals surface area (Å²) in [6, 6.07) is 26.5. The predicted molar refractivity (Wildman–Crippen MR) is 183 cm³/mol. The standard InChI is InChI=1S/C22H35N3.2C7H7.CH2N.Hf/c1-16(2)18-10-9-11-19(17(3)4)22(18)24-21-13-8-7-12-20(21)23-14-15-25(5)6;2*1-7-5-3-2-4-6-7;1-2;/h9-11,13,16-17,24H,7-8,12,14-15H2,1-6H3;2*2-6H,1H2;1H2;/q;3*-1;. The van der Waals surface area contributed by atoms with Gasteiger partial charge in [-0.3, -0.25) is 4.99 Å². The van der Waals surface area contributed by atoms with Crippen molar-refractivity contribution in [3.63, 3.8) is 0 Å². The molecule has 4 nitrogen and oxygen atoms in total. The van der Waals surface area contributed by atoms with Gasteiger partial charge in [0.25, 0.3) is 0 Å². The van der Waals surface area contributed by atoms with Crippen LogP contribution in [-0.2, 0) is 25.8 Å². The molecule has 0 saturated heterocycles. The van der Waals surface area contributed by atoms with E-state index in [9.17, 15) is 0 Å². The number of anilines is 1. The van der Waals surface area contributed by atoms with E-state index in [1.807, 2.05) is 60.7 Å². The summed E-state index contributed by atoms with van der Waals surface area (Å²) >= 11 is 0. The largest absolute Gasteiger partial charge is 0.817 e. The summed E-state index contributed by atoms with van der Waals surface area (Å²) in [5.74, 6) is 0.999. The van der Waals surface area contributed by atoms with Crippen molar-refractivity contribution in [3.05, 3.63) is 132 Å². The van der Waals surface area contributed by atoms with Gasteiger partial charge >= 0.3 is 0 Å². The van der Waals surface area contributed by atoms with Crippen LogP contribution in [0.1, 0.15) is 81.0 Å². The minimum atomic E-state index is 0. The number of allylic oxidation sites excluding steroid dienone is 2.